The van der Waals surface area contributed by atoms with E-state index in [-0.39, 0.29) is 0 Å². The van der Waals surface area contributed by atoms with Crippen molar-refractivity contribution in [2.45, 2.75) is 6.42 Å². The van der Waals surface area contributed by atoms with Crippen LogP contribution in [0.2, 0.25) is 0 Å². The molecule has 1 fully saturated rings. The Labute approximate surface area is 76.9 Å². The maximum absolute atomic E-state index is 8.09. The second kappa shape index (κ2) is 6.17. The van der Waals surface area contributed by atoms with Gasteiger partial charge in [0.15, 0.2) is 0 Å². The van der Waals surface area contributed by atoms with E-state index in [1.54, 1.807) is 0 Å². The summed E-state index contributed by atoms with van der Waals surface area (Å²) in [7, 11) is 0. The monoisotopic (exact) mass is 186 g/mol. The van der Waals surface area contributed by atoms with Crippen molar-refractivity contribution < 1.29 is 0 Å². The summed E-state index contributed by atoms with van der Waals surface area (Å²) < 4.78 is 0. The maximum atomic E-state index is 8.09. The summed E-state index contributed by atoms with van der Waals surface area (Å²) in [5.41, 5.74) is 8.09. The van der Waals surface area contributed by atoms with Crippen LogP contribution in [0.3, 0.4) is 0 Å². The first-order chi connectivity index (χ1) is 5.93. The summed E-state index contributed by atoms with van der Waals surface area (Å²) in [6.07, 6.45) is 1.26. The fraction of sp³-hybridized carbons (Fsp3) is 1.00. The Bertz CT molecular complexity index is 159. The van der Waals surface area contributed by atoms with Crippen molar-refractivity contribution in [2.24, 2.45) is 5.11 Å². The first-order valence-corrected chi connectivity index (χ1v) is 5.40. The van der Waals surface area contributed by atoms with Crippen LogP contribution in [0, 0.1) is 0 Å². The van der Waals surface area contributed by atoms with E-state index < -0.39 is 0 Å². The minimum Gasteiger partial charge on any atom is -0.302 e. The van der Waals surface area contributed by atoms with Gasteiger partial charge < -0.3 is 4.90 Å². The van der Waals surface area contributed by atoms with E-state index in [1.165, 1.54) is 17.9 Å². The van der Waals surface area contributed by atoms with Gasteiger partial charge in [0.05, 0.1) is 0 Å². The molecule has 0 radical (unpaired) electrons. The van der Waals surface area contributed by atoms with Gasteiger partial charge in [-0.15, -0.1) is 0 Å². The molecule has 5 heteroatoms. The molecule has 0 spiro atoms. The van der Waals surface area contributed by atoms with Crippen LogP contribution in [0.15, 0.2) is 5.11 Å². The molecule has 1 rings (SSSR count). The second-order valence-corrected chi connectivity index (χ2v) is 3.99. The van der Waals surface area contributed by atoms with Crippen molar-refractivity contribution in [3.05, 3.63) is 10.4 Å². The molecular formula is C7H14N4S. The number of hydrogen-bond acceptors (Lipinski definition) is 3. The van der Waals surface area contributed by atoms with Crippen molar-refractivity contribution in [3.63, 3.8) is 0 Å². The normalized spacial score (nSPS) is 19.7. The summed E-state index contributed by atoms with van der Waals surface area (Å²) in [6.45, 7) is 3.84. The van der Waals surface area contributed by atoms with Crippen LogP contribution >= 0.6 is 11.8 Å². The topological polar surface area (TPSA) is 52.0 Å². The van der Waals surface area contributed by atoms with E-state index in [0.29, 0.717) is 6.54 Å². The predicted octanol–water partition coefficient (Wildman–Crippen LogP) is 1.74. The molecule has 0 bridgehead atoms. The van der Waals surface area contributed by atoms with Crippen LogP contribution in [0.5, 0.6) is 0 Å². The lowest BCUT2D eigenvalue weighted by atomic mass is 10.4. The van der Waals surface area contributed by atoms with Crippen molar-refractivity contribution in [1.29, 1.82) is 0 Å². The predicted molar refractivity (Wildman–Crippen MR) is 52.4 cm³/mol. The van der Waals surface area contributed by atoms with Crippen molar-refractivity contribution in [1.82, 2.24) is 4.90 Å². The molecule has 1 saturated heterocycles. The molecule has 1 aliphatic heterocycles. The number of hydrogen-bond donors (Lipinski definition) is 0. The molecular weight excluding hydrogens is 172 g/mol. The Kier molecular flexibility index (Phi) is 4.99. The van der Waals surface area contributed by atoms with Gasteiger partial charge in [-0.3, -0.25) is 0 Å². The van der Waals surface area contributed by atoms with Crippen LogP contribution < -0.4 is 0 Å². The van der Waals surface area contributed by atoms with Gasteiger partial charge in [-0.1, -0.05) is 5.11 Å². The molecule has 0 aromatic heterocycles. The van der Waals surface area contributed by atoms with E-state index in [4.69, 9.17) is 5.53 Å². The van der Waals surface area contributed by atoms with Crippen molar-refractivity contribution in [3.8, 4) is 0 Å². The molecule has 0 amide bonds. The smallest absolute Gasteiger partial charge is 0.0385 e. The van der Waals surface area contributed by atoms with Gasteiger partial charge in [0, 0.05) is 30.3 Å². The van der Waals surface area contributed by atoms with Crippen LogP contribution in [0.4, 0.5) is 0 Å². The SMILES string of the molecule is [N-]=[N+]=NCCN1CCCSCC1. The fourth-order valence-electron chi connectivity index (χ4n) is 1.25. The van der Waals surface area contributed by atoms with Crippen LogP contribution in [-0.2, 0) is 0 Å². The molecule has 0 unspecified atom stereocenters. The number of rotatable bonds is 3. The highest BCUT2D eigenvalue weighted by Gasteiger charge is 2.07. The zero-order valence-corrected chi connectivity index (χ0v) is 7.96. The van der Waals surface area contributed by atoms with E-state index in [1.807, 2.05) is 11.8 Å². The Hall–Kier alpha value is -0.380. The maximum Gasteiger partial charge on any atom is 0.0385 e. The van der Waals surface area contributed by atoms with Crippen molar-refractivity contribution >= 4 is 11.8 Å². The third-order valence-electron chi connectivity index (χ3n) is 1.89. The zero-order valence-electron chi connectivity index (χ0n) is 7.15. The van der Waals surface area contributed by atoms with Gasteiger partial charge in [0.1, 0.15) is 0 Å². The third-order valence-corrected chi connectivity index (χ3v) is 2.94. The molecule has 0 saturated carbocycles. The molecule has 4 nitrogen and oxygen atoms in total. The van der Waals surface area contributed by atoms with E-state index in [0.717, 1.165) is 19.6 Å². The average molecular weight is 186 g/mol. The lowest BCUT2D eigenvalue weighted by Gasteiger charge is -2.17. The first-order valence-electron chi connectivity index (χ1n) is 4.24. The highest BCUT2D eigenvalue weighted by atomic mass is 32.2. The summed E-state index contributed by atoms with van der Waals surface area (Å²) in [6, 6.07) is 0. The van der Waals surface area contributed by atoms with Crippen LogP contribution in [-0.4, -0.2) is 42.6 Å². The minimum absolute atomic E-state index is 0.612. The van der Waals surface area contributed by atoms with Gasteiger partial charge in [-0.2, -0.15) is 11.8 Å². The quantitative estimate of drug-likeness (QED) is 0.383. The fourth-order valence-corrected chi connectivity index (χ4v) is 2.18. The molecule has 0 atom stereocenters. The zero-order chi connectivity index (χ0) is 8.65. The lowest BCUT2D eigenvalue weighted by molar-refractivity contribution is 0.304. The Balaban J connectivity index is 2.15. The lowest BCUT2D eigenvalue weighted by Crippen LogP contribution is -2.28. The van der Waals surface area contributed by atoms with Gasteiger partial charge in [-0.05, 0) is 24.2 Å². The second-order valence-electron chi connectivity index (χ2n) is 2.76. The van der Waals surface area contributed by atoms with Gasteiger partial charge in [0.2, 0.25) is 0 Å². The molecule has 68 valence electrons. The Morgan fingerprint density at radius 3 is 3.17 bits per heavy atom. The molecule has 0 aromatic rings. The standard InChI is InChI=1S/C7H14N4S/c8-10-9-2-4-11-3-1-6-12-7-5-11/h1-7H2. The number of azide groups is 1. The minimum atomic E-state index is 0.612. The average Bonchev–Trinajstić information content (AvgIpc) is 2.33. The molecule has 12 heavy (non-hydrogen) atoms. The summed E-state index contributed by atoms with van der Waals surface area (Å²) >= 11 is 2.01. The third kappa shape index (κ3) is 3.85. The van der Waals surface area contributed by atoms with Gasteiger partial charge in [-0.25, -0.2) is 0 Å². The molecule has 1 heterocycles. The van der Waals surface area contributed by atoms with E-state index >= 15 is 0 Å². The summed E-state index contributed by atoms with van der Waals surface area (Å²) in [5.74, 6) is 2.49. The largest absolute Gasteiger partial charge is 0.302 e. The molecule has 0 aliphatic carbocycles. The molecule has 0 N–H and O–H groups in total. The highest BCUT2D eigenvalue weighted by molar-refractivity contribution is 7.99. The highest BCUT2D eigenvalue weighted by Crippen LogP contribution is 2.09. The molecule has 0 aromatic carbocycles. The summed E-state index contributed by atoms with van der Waals surface area (Å²) in [5, 5.41) is 3.53. The summed E-state index contributed by atoms with van der Waals surface area (Å²) in [4.78, 5) is 5.11. The first kappa shape index (κ1) is 9.71. The van der Waals surface area contributed by atoms with E-state index in [9.17, 15) is 0 Å². The number of thioether (sulfide) groups is 1. The van der Waals surface area contributed by atoms with Crippen molar-refractivity contribution in [2.75, 3.05) is 37.7 Å². The van der Waals surface area contributed by atoms with E-state index in [2.05, 4.69) is 14.9 Å². The molecule has 1 aliphatic rings. The van der Waals surface area contributed by atoms with Gasteiger partial charge in [0.25, 0.3) is 0 Å². The Morgan fingerprint density at radius 1 is 1.42 bits per heavy atom. The van der Waals surface area contributed by atoms with Crippen LogP contribution in [0.25, 0.3) is 10.4 Å². The van der Waals surface area contributed by atoms with Gasteiger partial charge >= 0.3 is 0 Å². The Morgan fingerprint density at radius 2 is 2.33 bits per heavy atom. The number of nitrogens with zero attached hydrogens (tertiary/aromatic N) is 4. The van der Waals surface area contributed by atoms with Crippen LogP contribution in [0.1, 0.15) is 6.42 Å².